The first-order chi connectivity index (χ1) is 9.24. The standard InChI is InChI=1S/C18H22O/c1-4-14(2)13-15-9-11-16(12-10-15)17-7-5-6-8-18(17)19-3/h5-12,14H,4,13H2,1-3H3. The summed E-state index contributed by atoms with van der Waals surface area (Å²) in [7, 11) is 1.72. The van der Waals surface area contributed by atoms with Crippen LogP contribution in [0.25, 0.3) is 11.1 Å². The molecular formula is C18H22O. The zero-order valence-corrected chi connectivity index (χ0v) is 12.0. The predicted molar refractivity (Wildman–Crippen MR) is 81.6 cm³/mol. The number of ether oxygens (including phenoxy) is 1. The van der Waals surface area contributed by atoms with Crippen molar-refractivity contribution in [3.05, 3.63) is 54.1 Å². The molecule has 100 valence electrons. The highest BCUT2D eigenvalue weighted by atomic mass is 16.5. The molecule has 0 bridgehead atoms. The lowest BCUT2D eigenvalue weighted by atomic mass is 9.96. The topological polar surface area (TPSA) is 9.23 Å². The molecule has 0 aliphatic carbocycles. The summed E-state index contributed by atoms with van der Waals surface area (Å²) in [6, 6.07) is 17.0. The van der Waals surface area contributed by atoms with Gasteiger partial charge in [0.2, 0.25) is 0 Å². The van der Waals surface area contributed by atoms with Gasteiger partial charge in [-0.2, -0.15) is 0 Å². The quantitative estimate of drug-likeness (QED) is 0.733. The summed E-state index contributed by atoms with van der Waals surface area (Å²) in [6.45, 7) is 4.54. The van der Waals surface area contributed by atoms with Crippen LogP contribution in [-0.4, -0.2) is 7.11 Å². The van der Waals surface area contributed by atoms with Crippen LogP contribution < -0.4 is 4.74 Å². The average molecular weight is 254 g/mol. The van der Waals surface area contributed by atoms with Gasteiger partial charge in [0.05, 0.1) is 7.11 Å². The van der Waals surface area contributed by atoms with Crippen molar-refractivity contribution >= 4 is 0 Å². The maximum absolute atomic E-state index is 5.41. The maximum atomic E-state index is 5.41. The minimum atomic E-state index is 0.747. The Bertz CT molecular complexity index is 513. The highest BCUT2D eigenvalue weighted by molar-refractivity contribution is 5.70. The van der Waals surface area contributed by atoms with Crippen LogP contribution in [0, 0.1) is 5.92 Å². The van der Waals surface area contributed by atoms with Crippen LogP contribution in [0.15, 0.2) is 48.5 Å². The zero-order valence-electron chi connectivity index (χ0n) is 12.0. The van der Waals surface area contributed by atoms with Gasteiger partial charge in [0.15, 0.2) is 0 Å². The first-order valence-corrected chi connectivity index (χ1v) is 6.97. The van der Waals surface area contributed by atoms with Crippen molar-refractivity contribution in [3.8, 4) is 16.9 Å². The van der Waals surface area contributed by atoms with E-state index in [-0.39, 0.29) is 0 Å². The van der Waals surface area contributed by atoms with Crippen molar-refractivity contribution in [2.75, 3.05) is 7.11 Å². The zero-order chi connectivity index (χ0) is 13.7. The molecule has 0 aromatic heterocycles. The molecule has 0 saturated heterocycles. The monoisotopic (exact) mass is 254 g/mol. The lowest BCUT2D eigenvalue weighted by Crippen LogP contribution is -1.97. The van der Waals surface area contributed by atoms with Gasteiger partial charge in [-0.05, 0) is 29.5 Å². The molecule has 0 heterocycles. The van der Waals surface area contributed by atoms with Crippen molar-refractivity contribution in [1.82, 2.24) is 0 Å². The molecule has 0 amide bonds. The fourth-order valence-corrected chi connectivity index (χ4v) is 2.25. The van der Waals surface area contributed by atoms with Crippen LogP contribution in [0.1, 0.15) is 25.8 Å². The van der Waals surface area contributed by atoms with Gasteiger partial charge in [-0.15, -0.1) is 0 Å². The van der Waals surface area contributed by atoms with Crippen LogP contribution in [0.4, 0.5) is 0 Å². The molecule has 2 rings (SSSR count). The molecule has 0 radical (unpaired) electrons. The van der Waals surface area contributed by atoms with Gasteiger partial charge in [-0.25, -0.2) is 0 Å². The molecule has 0 aliphatic rings. The SMILES string of the molecule is CCC(C)Cc1ccc(-c2ccccc2OC)cc1. The number of benzene rings is 2. The number of hydrogen-bond acceptors (Lipinski definition) is 1. The van der Waals surface area contributed by atoms with Crippen LogP contribution in [0.3, 0.4) is 0 Å². The highest BCUT2D eigenvalue weighted by Crippen LogP contribution is 2.29. The van der Waals surface area contributed by atoms with Gasteiger partial charge in [-0.3, -0.25) is 0 Å². The van der Waals surface area contributed by atoms with Crippen LogP contribution in [0.2, 0.25) is 0 Å². The molecule has 1 nitrogen and oxygen atoms in total. The van der Waals surface area contributed by atoms with Crippen molar-refractivity contribution in [3.63, 3.8) is 0 Å². The summed E-state index contributed by atoms with van der Waals surface area (Å²) < 4.78 is 5.41. The third kappa shape index (κ3) is 3.37. The fraction of sp³-hybridized carbons (Fsp3) is 0.333. The van der Waals surface area contributed by atoms with E-state index in [1.54, 1.807) is 7.11 Å². The van der Waals surface area contributed by atoms with Gasteiger partial charge < -0.3 is 4.74 Å². The molecule has 1 atom stereocenters. The molecule has 0 aliphatic heterocycles. The fourth-order valence-electron chi connectivity index (χ4n) is 2.25. The molecule has 19 heavy (non-hydrogen) atoms. The molecule has 0 spiro atoms. The number of rotatable bonds is 5. The Labute approximate surface area is 116 Å². The third-order valence-corrected chi connectivity index (χ3v) is 3.65. The second kappa shape index (κ2) is 6.42. The van der Waals surface area contributed by atoms with Gasteiger partial charge in [-0.1, -0.05) is 62.7 Å². The first kappa shape index (κ1) is 13.7. The third-order valence-electron chi connectivity index (χ3n) is 3.65. The van der Waals surface area contributed by atoms with E-state index in [2.05, 4.69) is 44.2 Å². The van der Waals surface area contributed by atoms with Crippen molar-refractivity contribution in [2.45, 2.75) is 26.7 Å². The van der Waals surface area contributed by atoms with Crippen LogP contribution in [-0.2, 0) is 6.42 Å². The average Bonchev–Trinajstić information content (AvgIpc) is 2.48. The summed E-state index contributed by atoms with van der Waals surface area (Å²) in [5.41, 5.74) is 3.78. The van der Waals surface area contributed by atoms with E-state index in [9.17, 15) is 0 Å². The summed E-state index contributed by atoms with van der Waals surface area (Å²) >= 11 is 0. The summed E-state index contributed by atoms with van der Waals surface area (Å²) in [5.74, 6) is 1.68. The Morgan fingerprint density at radius 3 is 2.32 bits per heavy atom. The Morgan fingerprint density at radius 1 is 1.00 bits per heavy atom. The largest absolute Gasteiger partial charge is 0.496 e. The van der Waals surface area contributed by atoms with E-state index in [0.29, 0.717) is 0 Å². The van der Waals surface area contributed by atoms with Crippen molar-refractivity contribution in [1.29, 1.82) is 0 Å². The summed E-state index contributed by atoms with van der Waals surface area (Å²) in [4.78, 5) is 0. The van der Waals surface area contributed by atoms with Crippen molar-refractivity contribution in [2.24, 2.45) is 5.92 Å². The Balaban J connectivity index is 2.22. The minimum Gasteiger partial charge on any atom is -0.496 e. The number of para-hydroxylation sites is 1. The van der Waals surface area contributed by atoms with Gasteiger partial charge in [0.1, 0.15) is 5.75 Å². The molecular weight excluding hydrogens is 232 g/mol. The van der Waals surface area contributed by atoms with E-state index < -0.39 is 0 Å². The number of hydrogen-bond donors (Lipinski definition) is 0. The van der Waals surface area contributed by atoms with Crippen LogP contribution >= 0.6 is 0 Å². The van der Waals surface area contributed by atoms with Crippen molar-refractivity contribution < 1.29 is 4.74 Å². The van der Waals surface area contributed by atoms with E-state index in [1.807, 2.05) is 18.2 Å². The van der Waals surface area contributed by atoms with Gasteiger partial charge in [0, 0.05) is 5.56 Å². The van der Waals surface area contributed by atoms with E-state index in [4.69, 9.17) is 4.74 Å². The Kier molecular flexibility index (Phi) is 4.62. The summed E-state index contributed by atoms with van der Waals surface area (Å²) in [5, 5.41) is 0. The second-order valence-electron chi connectivity index (χ2n) is 5.11. The minimum absolute atomic E-state index is 0.747. The number of methoxy groups -OCH3 is 1. The van der Waals surface area contributed by atoms with Gasteiger partial charge in [0.25, 0.3) is 0 Å². The first-order valence-electron chi connectivity index (χ1n) is 6.97. The molecule has 2 aromatic carbocycles. The normalized spacial score (nSPS) is 12.2. The molecule has 2 aromatic rings. The van der Waals surface area contributed by atoms with E-state index in [1.165, 1.54) is 17.5 Å². The molecule has 0 fully saturated rings. The maximum Gasteiger partial charge on any atom is 0.126 e. The highest BCUT2D eigenvalue weighted by Gasteiger charge is 2.05. The molecule has 0 N–H and O–H groups in total. The molecule has 1 heteroatoms. The lowest BCUT2D eigenvalue weighted by molar-refractivity contribution is 0.416. The predicted octanol–water partition coefficient (Wildman–Crippen LogP) is 4.95. The van der Waals surface area contributed by atoms with Gasteiger partial charge >= 0.3 is 0 Å². The molecule has 1 unspecified atom stereocenters. The summed E-state index contributed by atoms with van der Waals surface area (Å²) in [6.07, 6.45) is 2.39. The van der Waals surface area contributed by atoms with E-state index >= 15 is 0 Å². The second-order valence-corrected chi connectivity index (χ2v) is 5.11. The van der Waals surface area contributed by atoms with E-state index in [0.717, 1.165) is 23.7 Å². The lowest BCUT2D eigenvalue weighted by Gasteiger charge is -2.11. The molecule has 0 saturated carbocycles. The smallest absolute Gasteiger partial charge is 0.126 e. The van der Waals surface area contributed by atoms with Crippen LogP contribution in [0.5, 0.6) is 5.75 Å². The Hall–Kier alpha value is -1.76. The Morgan fingerprint density at radius 2 is 1.68 bits per heavy atom.